The monoisotopic (exact) mass is 277 g/mol. The first-order valence-corrected chi connectivity index (χ1v) is 7.14. The van der Waals surface area contributed by atoms with Crippen molar-refractivity contribution in [2.45, 2.75) is 53.1 Å². The highest BCUT2D eigenvalue weighted by molar-refractivity contribution is 5.88. The summed E-state index contributed by atoms with van der Waals surface area (Å²) in [6.07, 6.45) is 3.30. The molecule has 0 radical (unpaired) electrons. The predicted octanol–water partition coefficient (Wildman–Crippen LogP) is 3.68. The summed E-state index contributed by atoms with van der Waals surface area (Å²) in [5.41, 5.74) is 1.17. The second kappa shape index (κ2) is 5.43. The number of carbonyl (C=O) groups is 1. The Bertz CT molecular complexity index is 510. The van der Waals surface area contributed by atoms with Crippen molar-refractivity contribution in [1.82, 2.24) is 4.98 Å². The van der Waals surface area contributed by atoms with Crippen LogP contribution in [0.1, 0.15) is 56.1 Å². The molecule has 1 fully saturated rings. The van der Waals surface area contributed by atoms with E-state index in [1.165, 1.54) is 12.5 Å². The third-order valence-corrected chi connectivity index (χ3v) is 3.81. The average Bonchev–Trinajstić information content (AvgIpc) is 2.24. The van der Waals surface area contributed by atoms with Crippen LogP contribution in [0, 0.1) is 18.3 Å². The highest BCUT2D eigenvalue weighted by Gasteiger charge is 2.33. The summed E-state index contributed by atoms with van der Waals surface area (Å²) in [6.45, 7) is 8.53. The summed E-state index contributed by atoms with van der Waals surface area (Å²) in [6, 6.07) is 3.07. The van der Waals surface area contributed by atoms with Gasteiger partial charge < -0.3 is 9.84 Å². The molecule has 1 saturated carbocycles. The van der Waals surface area contributed by atoms with E-state index < -0.39 is 5.97 Å². The molecule has 0 amide bonds. The van der Waals surface area contributed by atoms with Gasteiger partial charge in [0.1, 0.15) is 6.10 Å². The normalized spacial score (nSPS) is 25.2. The molecule has 2 unspecified atom stereocenters. The number of ether oxygens (including phenoxy) is 1. The van der Waals surface area contributed by atoms with Crippen LogP contribution in [0.5, 0.6) is 5.88 Å². The number of aromatic nitrogens is 1. The molecule has 4 nitrogen and oxygen atoms in total. The van der Waals surface area contributed by atoms with Gasteiger partial charge in [0, 0.05) is 11.8 Å². The molecule has 0 aromatic carbocycles. The highest BCUT2D eigenvalue weighted by atomic mass is 16.5. The minimum absolute atomic E-state index is 0.115. The van der Waals surface area contributed by atoms with Crippen molar-refractivity contribution < 1.29 is 14.6 Å². The topological polar surface area (TPSA) is 59.4 Å². The van der Waals surface area contributed by atoms with E-state index in [0.717, 1.165) is 12.8 Å². The highest BCUT2D eigenvalue weighted by Crippen LogP contribution is 2.39. The number of hydrogen-bond acceptors (Lipinski definition) is 3. The van der Waals surface area contributed by atoms with E-state index in [9.17, 15) is 4.79 Å². The molecule has 0 bridgehead atoms. The summed E-state index contributed by atoms with van der Waals surface area (Å²) in [4.78, 5) is 15.4. The van der Waals surface area contributed by atoms with Crippen LogP contribution in [0.15, 0.2) is 12.1 Å². The number of hydrogen-bond donors (Lipinski definition) is 1. The van der Waals surface area contributed by atoms with E-state index in [-0.39, 0.29) is 17.1 Å². The Hall–Kier alpha value is -1.58. The van der Waals surface area contributed by atoms with Gasteiger partial charge in [0.25, 0.3) is 0 Å². The minimum Gasteiger partial charge on any atom is -0.478 e. The van der Waals surface area contributed by atoms with Gasteiger partial charge in [-0.2, -0.15) is 0 Å². The molecule has 1 aliphatic rings. The molecule has 20 heavy (non-hydrogen) atoms. The second-order valence-electron chi connectivity index (χ2n) is 6.79. The Kier molecular flexibility index (Phi) is 4.02. The number of aromatic carboxylic acids is 1. The van der Waals surface area contributed by atoms with E-state index in [2.05, 4.69) is 25.8 Å². The molecule has 0 saturated heterocycles. The zero-order valence-electron chi connectivity index (χ0n) is 12.6. The number of pyridine rings is 1. The number of aryl methyl sites for hydroxylation is 1. The van der Waals surface area contributed by atoms with Crippen LogP contribution < -0.4 is 4.74 Å². The average molecular weight is 277 g/mol. The molecule has 1 aromatic rings. The molecule has 2 atom stereocenters. The van der Waals surface area contributed by atoms with E-state index >= 15 is 0 Å². The molecule has 1 aromatic heterocycles. The SMILES string of the molecule is Cc1cc(C(=O)O)cc(OC2CC(C)CC(C)(C)C2)n1. The summed E-state index contributed by atoms with van der Waals surface area (Å²) in [5, 5.41) is 9.08. The third kappa shape index (κ3) is 3.71. The van der Waals surface area contributed by atoms with Gasteiger partial charge in [0.05, 0.1) is 5.56 Å². The summed E-state index contributed by atoms with van der Waals surface area (Å²) in [7, 11) is 0. The van der Waals surface area contributed by atoms with Gasteiger partial charge in [-0.05, 0) is 43.6 Å². The van der Waals surface area contributed by atoms with E-state index in [1.807, 2.05) is 0 Å². The fourth-order valence-corrected chi connectivity index (χ4v) is 3.34. The third-order valence-electron chi connectivity index (χ3n) is 3.81. The van der Waals surface area contributed by atoms with Crippen molar-refractivity contribution in [2.75, 3.05) is 0 Å². The van der Waals surface area contributed by atoms with Gasteiger partial charge >= 0.3 is 5.97 Å². The van der Waals surface area contributed by atoms with Crippen molar-refractivity contribution in [3.8, 4) is 5.88 Å². The molecular formula is C16H23NO3. The number of rotatable bonds is 3. The second-order valence-corrected chi connectivity index (χ2v) is 6.79. The van der Waals surface area contributed by atoms with Gasteiger partial charge in [0.15, 0.2) is 0 Å². The largest absolute Gasteiger partial charge is 0.478 e. The molecule has 1 aliphatic carbocycles. The van der Waals surface area contributed by atoms with Crippen LogP contribution >= 0.6 is 0 Å². The lowest BCUT2D eigenvalue weighted by Crippen LogP contribution is -2.34. The molecule has 110 valence electrons. The maximum Gasteiger partial charge on any atom is 0.335 e. The van der Waals surface area contributed by atoms with Crippen LogP contribution in [0.3, 0.4) is 0 Å². The van der Waals surface area contributed by atoms with Crippen molar-refractivity contribution in [3.63, 3.8) is 0 Å². The standard InChI is InChI=1S/C16H23NO3/c1-10-5-13(9-16(3,4)8-10)20-14-7-12(15(18)19)6-11(2)17-14/h6-7,10,13H,5,8-9H2,1-4H3,(H,18,19). The first-order valence-electron chi connectivity index (χ1n) is 7.14. The predicted molar refractivity (Wildman–Crippen MR) is 77.1 cm³/mol. The first-order chi connectivity index (χ1) is 9.25. The maximum atomic E-state index is 11.1. The lowest BCUT2D eigenvalue weighted by molar-refractivity contribution is 0.0526. The Morgan fingerprint density at radius 2 is 2.10 bits per heavy atom. The fraction of sp³-hybridized carbons (Fsp3) is 0.625. The maximum absolute atomic E-state index is 11.1. The van der Waals surface area contributed by atoms with E-state index in [1.54, 1.807) is 13.0 Å². The van der Waals surface area contributed by atoms with Crippen molar-refractivity contribution in [3.05, 3.63) is 23.4 Å². The van der Waals surface area contributed by atoms with Crippen molar-refractivity contribution >= 4 is 5.97 Å². The van der Waals surface area contributed by atoms with Gasteiger partial charge in [-0.15, -0.1) is 0 Å². The van der Waals surface area contributed by atoms with Crippen molar-refractivity contribution in [1.29, 1.82) is 0 Å². The number of carboxylic acid groups (broad SMARTS) is 1. The van der Waals surface area contributed by atoms with Gasteiger partial charge in [-0.1, -0.05) is 20.8 Å². The van der Waals surface area contributed by atoms with Crippen LogP contribution in [-0.4, -0.2) is 22.2 Å². The Balaban J connectivity index is 2.15. The lowest BCUT2D eigenvalue weighted by atomic mass is 9.71. The van der Waals surface area contributed by atoms with Crippen LogP contribution in [-0.2, 0) is 0 Å². The van der Waals surface area contributed by atoms with Crippen LogP contribution in [0.25, 0.3) is 0 Å². The van der Waals surface area contributed by atoms with Crippen LogP contribution in [0.2, 0.25) is 0 Å². The Labute approximate surface area is 120 Å². The smallest absolute Gasteiger partial charge is 0.335 e. The molecule has 1 N–H and O–H groups in total. The molecule has 1 heterocycles. The zero-order chi connectivity index (χ0) is 14.9. The van der Waals surface area contributed by atoms with Gasteiger partial charge in [-0.3, -0.25) is 0 Å². The molecule has 4 heteroatoms. The summed E-state index contributed by atoms with van der Waals surface area (Å²) in [5.74, 6) is 0.0995. The summed E-state index contributed by atoms with van der Waals surface area (Å²) >= 11 is 0. The quantitative estimate of drug-likeness (QED) is 0.915. The molecular weight excluding hydrogens is 254 g/mol. The lowest BCUT2D eigenvalue weighted by Gasteiger charge is -2.38. The van der Waals surface area contributed by atoms with Gasteiger partial charge in [-0.25, -0.2) is 9.78 Å². The first kappa shape index (κ1) is 14.8. The van der Waals surface area contributed by atoms with Crippen molar-refractivity contribution in [2.24, 2.45) is 11.3 Å². The number of carboxylic acids is 1. The van der Waals surface area contributed by atoms with Crippen LogP contribution in [0.4, 0.5) is 0 Å². The zero-order valence-corrected chi connectivity index (χ0v) is 12.6. The Morgan fingerprint density at radius 1 is 1.40 bits per heavy atom. The fourth-order valence-electron chi connectivity index (χ4n) is 3.34. The van der Waals surface area contributed by atoms with E-state index in [0.29, 0.717) is 17.5 Å². The molecule has 2 rings (SSSR count). The Morgan fingerprint density at radius 3 is 2.70 bits per heavy atom. The molecule has 0 aliphatic heterocycles. The molecule has 0 spiro atoms. The number of nitrogens with zero attached hydrogens (tertiary/aromatic N) is 1. The minimum atomic E-state index is -0.947. The van der Waals surface area contributed by atoms with Gasteiger partial charge in [0.2, 0.25) is 5.88 Å². The van der Waals surface area contributed by atoms with E-state index in [4.69, 9.17) is 9.84 Å². The summed E-state index contributed by atoms with van der Waals surface area (Å²) < 4.78 is 5.96.